The maximum atomic E-state index is 13.7. The van der Waals surface area contributed by atoms with E-state index in [1.165, 1.54) is 5.56 Å². The van der Waals surface area contributed by atoms with Gasteiger partial charge >= 0.3 is 0 Å². The fourth-order valence-electron chi connectivity index (χ4n) is 2.43. The van der Waals surface area contributed by atoms with Crippen molar-refractivity contribution in [1.82, 2.24) is 5.32 Å². The largest absolute Gasteiger partial charge is 0.306 e. The predicted molar refractivity (Wildman–Crippen MR) is 66.1 cm³/mol. The van der Waals surface area contributed by atoms with Crippen LogP contribution in [0.4, 0.5) is 4.39 Å². The molecule has 1 aliphatic rings. The summed E-state index contributed by atoms with van der Waals surface area (Å²) in [6.07, 6.45) is 0.728. The molecule has 0 saturated carbocycles. The Morgan fingerprint density at radius 2 is 1.82 bits per heavy atom. The third kappa shape index (κ3) is 1.96. The first kappa shape index (κ1) is 10.5. The molecule has 0 saturated heterocycles. The SMILES string of the molecule is Fc1cccc2c1CC(c1ccccc1)NC2. The Hall–Kier alpha value is -1.67. The van der Waals surface area contributed by atoms with Gasteiger partial charge in [0.25, 0.3) is 0 Å². The van der Waals surface area contributed by atoms with Crippen LogP contribution in [-0.2, 0) is 13.0 Å². The van der Waals surface area contributed by atoms with Gasteiger partial charge in [0.05, 0.1) is 0 Å². The van der Waals surface area contributed by atoms with Gasteiger partial charge in [-0.2, -0.15) is 0 Å². The molecule has 1 atom stereocenters. The third-order valence-corrected chi connectivity index (χ3v) is 3.36. The highest BCUT2D eigenvalue weighted by atomic mass is 19.1. The Morgan fingerprint density at radius 3 is 2.65 bits per heavy atom. The second-order valence-corrected chi connectivity index (χ2v) is 4.43. The Balaban J connectivity index is 1.93. The van der Waals surface area contributed by atoms with Crippen LogP contribution in [0.15, 0.2) is 48.5 Å². The monoisotopic (exact) mass is 227 g/mol. The van der Waals surface area contributed by atoms with Gasteiger partial charge in [0.15, 0.2) is 0 Å². The number of benzene rings is 2. The van der Waals surface area contributed by atoms with Crippen LogP contribution in [0.25, 0.3) is 0 Å². The van der Waals surface area contributed by atoms with E-state index in [2.05, 4.69) is 17.4 Å². The molecule has 2 aromatic rings. The minimum absolute atomic E-state index is 0.0788. The van der Waals surface area contributed by atoms with Gasteiger partial charge < -0.3 is 5.32 Å². The molecule has 1 nitrogen and oxygen atoms in total. The summed E-state index contributed by atoms with van der Waals surface area (Å²) in [5.74, 6) is -0.0788. The molecule has 1 unspecified atom stereocenters. The topological polar surface area (TPSA) is 12.0 Å². The van der Waals surface area contributed by atoms with Gasteiger partial charge in [-0.05, 0) is 29.2 Å². The normalized spacial score (nSPS) is 18.8. The molecule has 0 radical (unpaired) electrons. The van der Waals surface area contributed by atoms with Crippen LogP contribution in [-0.4, -0.2) is 0 Å². The molecule has 86 valence electrons. The highest BCUT2D eigenvalue weighted by molar-refractivity contribution is 5.34. The lowest BCUT2D eigenvalue weighted by atomic mass is 9.91. The van der Waals surface area contributed by atoms with E-state index in [1.54, 1.807) is 12.1 Å². The van der Waals surface area contributed by atoms with Crippen LogP contribution < -0.4 is 5.32 Å². The van der Waals surface area contributed by atoms with Crippen molar-refractivity contribution in [2.24, 2.45) is 0 Å². The Kier molecular flexibility index (Phi) is 2.65. The predicted octanol–water partition coefficient (Wildman–Crippen LogP) is 3.21. The summed E-state index contributed by atoms with van der Waals surface area (Å²) in [6.45, 7) is 0.743. The summed E-state index contributed by atoms with van der Waals surface area (Å²) in [6, 6.07) is 15.8. The Bertz CT molecular complexity index is 522. The Labute approximate surface area is 100 Å². The molecule has 0 spiro atoms. The Morgan fingerprint density at radius 1 is 1.00 bits per heavy atom. The molecule has 17 heavy (non-hydrogen) atoms. The lowest BCUT2D eigenvalue weighted by molar-refractivity contribution is 0.477. The molecule has 0 bridgehead atoms. The summed E-state index contributed by atoms with van der Waals surface area (Å²) < 4.78 is 13.7. The van der Waals surface area contributed by atoms with Crippen LogP contribution in [0, 0.1) is 5.82 Å². The smallest absolute Gasteiger partial charge is 0.126 e. The summed E-state index contributed by atoms with van der Waals surface area (Å²) in [7, 11) is 0. The fourth-order valence-corrected chi connectivity index (χ4v) is 2.43. The summed E-state index contributed by atoms with van der Waals surface area (Å²) in [4.78, 5) is 0. The van der Waals surface area contributed by atoms with E-state index in [1.807, 2.05) is 24.3 Å². The molecule has 1 N–H and O–H groups in total. The zero-order chi connectivity index (χ0) is 11.7. The van der Waals surface area contributed by atoms with Crippen molar-refractivity contribution in [3.8, 4) is 0 Å². The lowest BCUT2D eigenvalue weighted by Crippen LogP contribution is -2.29. The van der Waals surface area contributed by atoms with Crippen LogP contribution >= 0.6 is 0 Å². The van der Waals surface area contributed by atoms with E-state index in [0.717, 1.165) is 24.1 Å². The van der Waals surface area contributed by atoms with E-state index in [0.29, 0.717) is 0 Å². The van der Waals surface area contributed by atoms with Crippen molar-refractivity contribution in [2.45, 2.75) is 19.0 Å². The van der Waals surface area contributed by atoms with Gasteiger partial charge in [0.2, 0.25) is 0 Å². The first-order valence-corrected chi connectivity index (χ1v) is 5.89. The van der Waals surface area contributed by atoms with Crippen molar-refractivity contribution in [1.29, 1.82) is 0 Å². The highest BCUT2D eigenvalue weighted by Gasteiger charge is 2.21. The molecule has 0 aliphatic carbocycles. The van der Waals surface area contributed by atoms with Gasteiger partial charge in [-0.25, -0.2) is 4.39 Å². The molecule has 0 aromatic heterocycles. The number of nitrogens with one attached hydrogen (secondary N) is 1. The maximum absolute atomic E-state index is 13.7. The van der Waals surface area contributed by atoms with Crippen LogP contribution in [0.3, 0.4) is 0 Å². The van der Waals surface area contributed by atoms with Gasteiger partial charge in [0, 0.05) is 12.6 Å². The maximum Gasteiger partial charge on any atom is 0.126 e. The molecular formula is C15H14FN. The van der Waals surface area contributed by atoms with Crippen LogP contribution in [0.1, 0.15) is 22.7 Å². The number of halogens is 1. The second kappa shape index (κ2) is 4.30. The van der Waals surface area contributed by atoms with Gasteiger partial charge in [-0.3, -0.25) is 0 Å². The van der Waals surface area contributed by atoms with Crippen molar-refractivity contribution < 1.29 is 4.39 Å². The van der Waals surface area contributed by atoms with Crippen molar-refractivity contribution in [3.05, 3.63) is 71.0 Å². The summed E-state index contributed by atoms with van der Waals surface area (Å²) in [5.41, 5.74) is 3.17. The fraction of sp³-hybridized carbons (Fsp3) is 0.200. The van der Waals surface area contributed by atoms with E-state index < -0.39 is 0 Å². The molecule has 1 heterocycles. The molecule has 0 fully saturated rings. The number of fused-ring (bicyclic) bond motifs is 1. The zero-order valence-corrected chi connectivity index (χ0v) is 9.49. The third-order valence-electron chi connectivity index (χ3n) is 3.36. The lowest BCUT2D eigenvalue weighted by Gasteiger charge is -2.26. The highest BCUT2D eigenvalue weighted by Crippen LogP contribution is 2.27. The minimum Gasteiger partial charge on any atom is -0.306 e. The van der Waals surface area contributed by atoms with E-state index in [-0.39, 0.29) is 11.9 Å². The van der Waals surface area contributed by atoms with Crippen molar-refractivity contribution >= 4 is 0 Å². The molecular weight excluding hydrogens is 213 g/mol. The standard InChI is InChI=1S/C15H14FN/c16-14-8-4-7-12-10-17-15(9-13(12)14)11-5-2-1-3-6-11/h1-8,15,17H,9-10H2. The van der Waals surface area contributed by atoms with E-state index in [4.69, 9.17) is 0 Å². The summed E-state index contributed by atoms with van der Waals surface area (Å²) >= 11 is 0. The van der Waals surface area contributed by atoms with Crippen LogP contribution in [0.5, 0.6) is 0 Å². The molecule has 1 aliphatic heterocycles. The van der Waals surface area contributed by atoms with Crippen LogP contribution in [0.2, 0.25) is 0 Å². The van der Waals surface area contributed by atoms with E-state index in [9.17, 15) is 4.39 Å². The number of hydrogen-bond acceptors (Lipinski definition) is 1. The quantitative estimate of drug-likeness (QED) is 0.788. The molecule has 0 amide bonds. The number of hydrogen-bond donors (Lipinski definition) is 1. The van der Waals surface area contributed by atoms with Crippen molar-refractivity contribution in [2.75, 3.05) is 0 Å². The first-order valence-electron chi connectivity index (χ1n) is 5.89. The first-order chi connectivity index (χ1) is 8.34. The summed E-state index contributed by atoms with van der Waals surface area (Å²) in [5, 5.41) is 3.45. The average Bonchev–Trinajstić information content (AvgIpc) is 2.40. The number of rotatable bonds is 1. The van der Waals surface area contributed by atoms with Crippen molar-refractivity contribution in [3.63, 3.8) is 0 Å². The second-order valence-electron chi connectivity index (χ2n) is 4.43. The van der Waals surface area contributed by atoms with Gasteiger partial charge in [-0.1, -0.05) is 42.5 Å². The zero-order valence-electron chi connectivity index (χ0n) is 9.49. The average molecular weight is 227 g/mol. The molecule has 3 rings (SSSR count). The van der Waals surface area contributed by atoms with Gasteiger partial charge in [0.1, 0.15) is 5.82 Å². The molecule has 2 aromatic carbocycles. The minimum atomic E-state index is -0.0788. The van der Waals surface area contributed by atoms with Gasteiger partial charge in [-0.15, -0.1) is 0 Å². The van der Waals surface area contributed by atoms with E-state index >= 15 is 0 Å². The molecule has 2 heteroatoms.